The molecule has 3 aromatic rings. The molecule has 1 unspecified atom stereocenters. The fourth-order valence-corrected chi connectivity index (χ4v) is 4.55. The quantitative estimate of drug-likeness (QED) is 0.189. The number of nitrogens with zero attached hydrogens (tertiary/aromatic N) is 2. The van der Waals surface area contributed by atoms with Gasteiger partial charge in [0.25, 0.3) is 5.69 Å². The van der Waals surface area contributed by atoms with Crippen LogP contribution in [0.2, 0.25) is 0 Å². The Bertz CT molecular complexity index is 1120. The number of benzene rings is 2. The van der Waals surface area contributed by atoms with Gasteiger partial charge < -0.3 is 10.1 Å². The van der Waals surface area contributed by atoms with Gasteiger partial charge >= 0.3 is 5.97 Å². The topological polar surface area (TPSA) is 111 Å². The minimum atomic E-state index is -0.984. The second kappa shape index (κ2) is 12.0. The van der Waals surface area contributed by atoms with Crippen molar-refractivity contribution in [2.24, 2.45) is 5.92 Å². The molecule has 178 valence electrons. The van der Waals surface area contributed by atoms with Gasteiger partial charge in [0.2, 0.25) is 5.91 Å². The predicted octanol–water partition coefficient (Wildman–Crippen LogP) is 4.28. The van der Waals surface area contributed by atoms with E-state index in [1.54, 1.807) is 19.1 Å². The molecule has 3 rings (SSSR count). The molecule has 0 bridgehead atoms. The van der Waals surface area contributed by atoms with Crippen LogP contribution in [0.5, 0.6) is 0 Å². The Balaban J connectivity index is 1.82. The van der Waals surface area contributed by atoms with Crippen LogP contribution >= 0.6 is 11.3 Å². The zero-order chi connectivity index (χ0) is 24.5. The summed E-state index contributed by atoms with van der Waals surface area (Å²) in [4.78, 5) is 40.9. The van der Waals surface area contributed by atoms with E-state index in [1.807, 2.05) is 42.6 Å². The van der Waals surface area contributed by atoms with E-state index < -0.39 is 22.7 Å². The summed E-state index contributed by atoms with van der Waals surface area (Å²) in [5.74, 6) is -2.29. The highest BCUT2D eigenvalue weighted by Crippen LogP contribution is 2.29. The Kier molecular flexibility index (Phi) is 8.86. The van der Waals surface area contributed by atoms with Crippen molar-refractivity contribution in [1.82, 2.24) is 10.3 Å². The number of hydrogen-bond acceptors (Lipinski definition) is 7. The standard InChI is InChI=1S/C25H27N3O5S/c1-3-19-16-34-24(27-19)22(18-10-12-20(13-11-18)28(31)32)15-26-23(29)21(25(30)33-4-2)14-17-8-6-5-7-9-17/h5-13,16,21-22H,3-4,14-15H2,1-2H3,(H,26,29)/t21?,22-/m0/s1. The molecule has 1 aromatic heterocycles. The van der Waals surface area contributed by atoms with Crippen molar-refractivity contribution in [3.63, 3.8) is 0 Å². The van der Waals surface area contributed by atoms with Crippen LogP contribution in [0.4, 0.5) is 5.69 Å². The summed E-state index contributed by atoms with van der Waals surface area (Å²) in [6.45, 7) is 4.09. The summed E-state index contributed by atoms with van der Waals surface area (Å²) in [7, 11) is 0. The third-order valence-corrected chi connectivity index (χ3v) is 6.39. The molecule has 0 aliphatic rings. The molecule has 1 heterocycles. The van der Waals surface area contributed by atoms with Gasteiger partial charge in [-0.05, 0) is 30.9 Å². The molecule has 0 saturated heterocycles. The van der Waals surface area contributed by atoms with Crippen molar-refractivity contribution in [1.29, 1.82) is 0 Å². The first-order valence-electron chi connectivity index (χ1n) is 11.1. The molecule has 1 N–H and O–H groups in total. The maximum atomic E-state index is 13.1. The molecular formula is C25H27N3O5S. The van der Waals surface area contributed by atoms with Crippen LogP contribution in [0.1, 0.15) is 41.6 Å². The van der Waals surface area contributed by atoms with Gasteiger partial charge in [0.05, 0.1) is 23.1 Å². The number of non-ortho nitro benzene ring substituents is 1. The second-order valence-electron chi connectivity index (χ2n) is 7.67. The monoisotopic (exact) mass is 481 g/mol. The normalized spacial score (nSPS) is 12.5. The molecule has 0 radical (unpaired) electrons. The molecule has 0 fully saturated rings. The number of esters is 1. The Morgan fingerprint density at radius 3 is 2.41 bits per heavy atom. The first kappa shape index (κ1) is 25.0. The third kappa shape index (κ3) is 6.48. The van der Waals surface area contributed by atoms with Gasteiger partial charge in [-0.1, -0.05) is 49.4 Å². The Morgan fingerprint density at radius 2 is 1.82 bits per heavy atom. The number of ether oxygens (including phenoxy) is 1. The summed E-state index contributed by atoms with van der Waals surface area (Å²) in [5.41, 5.74) is 2.57. The van der Waals surface area contributed by atoms with Crippen molar-refractivity contribution in [2.45, 2.75) is 32.6 Å². The van der Waals surface area contributed by atoms with Crippen LogP contribution in [0.15, 0.2) is 60.0 Å². The van der Waals surface area contributed by atoms with E-state index in [-0.39, 0.29) is 31.2 Å². The number of aryl methyl sites for hydroxylation is 1. The van der Waals surface area contributed by atoms with Crippen molar-refractivity contribution in [3.8, 4) is 0 Å². The average molecular weight is 482 g/mol. The average Bonchev–Trinajstić information content (AvgIpc) is 3.32. The van der Waals surface area contributed by atoms with E-state index in [4.69, 9.17) is 4.74 Å². The van der Waals surface area contributed by atoms with Gasteiger partial charge in [0, 0.05) is 24.1 Å². The number of nitro benzene ring substituents is 1. The number of nitrogens with one attached hydrogen (secondary N) is 1. The second-order valence-corrected chi connectivity index (χ2v) is 8.56. The fraction of sp³-hybridized carbons (Fsp3) is 0.320. The van der Waals surface area contributed by atoms with Crippen LogP contribution in [0, 0.1) is 16.0 Å². The van der Waals surface area contributed by atoms with Crippen LogP contribution in [-0.2, 0) is 27.2 Å². The molecule has 0 spiro atoms. The molecule has 8 nitrogen and oxygen atoms in total. The summed E-state index contributed by atoms with van der Waals surface area (Å²) in [5, 5.41) is 16.7. The summed E-state index contributed by atoms with van der Waals surface area (Å²) in [6, 6.07) is 15.5. The van der Waals surface area contributed by atoms with E-state index in [1.165, 1.54) is 23.5 Å². The van der Waals surface area contributed by atoms with E-state index >= 15 is 0 Å². The third-order valence-electron chi connectivity index (χ3n) is 5.39. The molecule has 0 saturated carbocycles. The van der Waals surface area contributed by atoms with Gasteiger partial charge in [-0.15, -0.1) is 11.3 Å². The number of nitro groups is 1. The van der Waals surface area contributed by atoms with Crippen molar-refractivity contribution in [2.75, 3.05) is 13.2 Å². The van der Waals surface area contributed by atoms with Crippen LogP contribution < -0.4 is 5.32 Å². The molecule has 0 aliphatic carbocycles. The first-order valence-corrected chi connectivity index (χ1v) is 12.0. The number of aromatic nitrogens is 1. The maximum Gasteiger partial charge on any atom is 0.318 e. The number of carbonyl (C=O) groups excluding carboxylic acids is 2. The minimum Gasteiger partial charge on any atom is -0.465 e. The SMILES string of the molecule is CCOC(=O)C(Cc1ccccc1)C(=O)NC[C@@H](c1ccc([N+](=O)[O-])cc1)c1nc(CC)cs1. The van der Waals surface area contributed by atoms with Crippen LogP contribution in [0.3, 0.4) is 0 Å². The minimum absolute atomic E-state index is 0.00911. The van der Waals surface area contributed by atoms with E-state index in [0.717, 1.165) is 28.2 Å². The summed E-state index contributed by atoms with van der Waals surface area (Å²) in [6.07, 6.45) is 1.00. The predicted molar refractivity (Wildman–Crippen MR) is 130 cm³/mol. The van der Waals surface area contributed by atoms with Gasteiger partial charge in [-0.2, -0.15) is 0 Å². The summed E-state index contributed by atoms with van der Waals surface area (Å²) >= 11 is 1.48. The van der Waals surface area contributed by atoms with E-state index in [2.05, 4.69) is 10.3 Å². The molecular weight excluding hydrogens is 454 g/mol. The number of rotatable bonds is 11. The van der Waals surface area contributed by atoms with Crippen LogP contribution in [-0.4, -0.2) is 34.9 Å². The lowest BCUT2D eigenvalue weighted by Gasteiger charge is -2.19. The highest BCUT2D eigenvalue weighted by Gasteiger charge is 2.29. The largest absolute Gasteiger partial charge is 0.465 e. The van der Waals surface area contributed by atoms with Crippen molar-refractivity contribution < 1.29 is 19.2 Å². The Hall–Kier alpha value is -3.59. The number of thiazole rings is 1. The molecule has 1 amide bonds. The number of hydrogen-bond donors (Lipinski definition) is 1. The van der Waals surface area contributed by atoms with Gasteiger partial charge in [0.15, 0.2) is 0 Å². The molecule has 2 atom stereocenters. The van der Waals surface area contributed by atoms with Crippen molar-refractivity contribution in [3.05, 3.63) is 91.9 Å². The lowest BCUT2D eigenvalue weighted by atomic mass is 9.96. The van der Waals surface area contributed by atoms with Gasteiger partial charge in [-0.25, -0.2) is 4.98 Å². The van der Waals surface area contributed by atoms with Crippen molar-refractivity contribution >= 4 is 28.9 Å². The van der Waals surface area contributed by atoms with E-state index in [0.29, 0.717) is 0 Å². The lowest BCUT2D eigenvalue weighted by molar-refractivity contribution is -0.384. The molecule has 0 aliphatic heterocycles. The number of amides is 1. The smallest absolute Gasteiger partial charge is 0.318 e. The maximum absolute atomic E-state index is 13.1. The molecule has 2 aromatic carbocycles. The molecule has 34 heavy (non-hydrogen) atoms. The molecule has 9 heteroatoms. The highest BCUT2D eigenvalue weighted by atomic mass is 32.1. The zero-order valence-corrected chi connectivity index (χ0v) is 19.9. The van der Waals surface area contributed by atoms with E-state index in [9.17, 15) is 19.7 Å². The lowest BCUT2D eigenvalue weighted by Crippen LogP contribution is -2.39. The number of carbonyl (C=O) groups is 2. The Morgan fingerprint density at radius 1 is 1.12 bits per heavy atom. The Labute approximate surface area is 202 Å². The first-order chi connectivity index (χ1) is 16.4. The summed E-state index contributed by atoms with van der Waals surface area (Å²) < 4.78 is 5.15. The highest BCUT2D eigenvalue weighted by molar-refractivity contribution is 7.09. The fourth-order valence-electron chi connectivity index (χ4n) is 3.52. The zero-order valence-electron chi connectivity index (χ0n) is 19.1. The van der Waals surface area contributed by atoms with Gasteiger partial charge in [-0.3, -0.25) is 19.7 Å². The van der Waals surface area contributed by atoms with Gasteiger partial charge in [0.1, 0.15) is 10.9 Å². The van der Waals surface area contributed by atoms with Crippen LogP contribution in [0.25, 0.3) is 0 Å².